The van der Waals surface area contributed by atoms with Crippen LogP contribution in [0.2, 0.25) is 0 Å². The summed E-state index contributed by atoms with van der Waals surface area (Å²) < 4.78 is 5.30. The molecule has 1 aliphatic heterocycles. The van der Waals surface area contributed by atoms with E-state index in [-0.39, 0.29) is 5.56 Å². The Labute approximate surface area is 134 Å². The summed E-state index contributed by atoms with van der Waals surface area (Å²) in [6, 6.07) is 12.2. The van der Waals surface area contributed by atoms with Crippen molar-refractivity contribution in [3.05, 3.63) is 65.7 Å². The maximum atomic E-state index is 10.6. The second-order valence-corrected chi connectivity index (χ2v) is 5.02. The van der Waals surface area contributed by atoms with Crippen LogP contribution in [-0.2, 0) is 6.42 Å². The number of carbonyl (C=O) groups is 1. The molecule has 0 aromatic heterocycles. The number of aromatic carboxylic acids is 1. The molecule has 0 fully saturated rings. The lowest BCUT2D eigenvalue weighted by Crippen LogP contribution is -1.96. The van der Waals surface area contributed by atoms with E-state index >= 15 is 0 Å². The number of benzene rings is 2. The monoisotopic (exact) mass is 310 g/mol. The molecule has 0 amide bonds. The number of carboxylic acids is 1. The van der Waals surface area contributed by atoms with Gasteiger partial charge in [-0.05, 0) is 34.9 Å². The average Bonchev–Trinajstić information content (AvgIpc) is 3.02. The maximum absolute atomic E-state index is 10.6. The fraction of sp³-hybridized carbons (Fsp3) is 0.111. The van der Waals surface area contributed by atoms with Crippen molar-refractivity contribution in [2.75, 3.05) is 12.3 Å². The first-order valence-corrected chi connectivity index (χ1v) is 7.05. The predicted octanol–water partition coefficient (Wildman–Crippen LogP) is 3.25. The van der Waals surface area contributed by atoms with Crippen LogP contribution in [0.4, 0.5) is 5.69 Å². The third-order valence-electron chi connectivity index (χ3n) is 3.37. The van der Waals surface area contributed by atoms with Gasteiger partial charge in [0, 0.05) is 24.4 Å². The summed E-state index contributed by atoms with van der Waals surface area (Å²) in [6.07, 6.45) is 2.12. The summed E-state index contributed by atoms with van der Waals surface area (Å²) in [7, 11) is 0. The molecule has 0 atom stereocenters. The van der Waals surface area contributed by atoms with Gasteiger partial charge in [0.15, 0.2) is 0 Å². The molecule has 2 aromatic rings. The fourth-order valence-corrected chi connectivity index (χ4v) is 2.12. The van der Waals surface area contributed by atoms with Gasteiger partial charge < -0.3 is 21.0 Å². The molecule has 0 radical (unpaired) electrons. The summed E-state index contributed by atoms with van der Waals surface area (Å²) in [5.74, 6) is -0.0142. The summed E-state index contributed by atoms with van der Waals surface area (Å²) in [5, 5.41) is 15.6. The molecule has 1 aliphatic rings. The Morgan fingerprint density at radius 3 is 2.70 bits per heavy atom. The number of nitrogen functional groups attached to an aromatic ring is 1. The van der Waals surface area contributed by atoms with Gasteiger partial charge in [-0.25, -0.2) is 4.79 Å². The van der Waals surface area contributed by atoms with Crippen LogP contribution in [0.5, 0.6) is 5.75 Å². The predicted molar refractivity (Wildman–Crippen MR) is 91.3 cm³/mol. The maximum Gasteiger partial charge on any atom is 0.335 e. The Kier molecular flexibility index (Phi) is 5.15. The summed E-state index contributed by atoms with van der Waals surface area (Å²) >= 11 is 0. The molecule has 0 saturated heterocycles. The first-order chi connectivity index (χ1) is 11.0. The number of anilines is 1. The van der Waals surface area contributed by atoms with Crippen LogP contribution >= 0.6 is 0 Å². The van der Waals surface area contributed by atoms with E-state index in [2.05, 4.69) is 6.58 Å². The average molecular weight is 310 g/mol. The molecule has 0 unspecified atom stereocenters. The van der Waals surface area contributed by atoms with Crippen molar-refractivity contribution in [1.29, 1.82) is 5.41 Å². The van der Waals surface area contributed by atoms with Crippen molar-refractivity contribution >= 4 is 23.4 Å². The lowest BCUT2D eigenvalue weighted by atomic mass is 10.1. The summed E-state index contributed by atoms with van der Waals surface area (Å²) in [5.41, 5.74) is 8.98. The van der Waals surface area contributed by atoms with E-state index in [9.17, 15) is 4.79 Å². The van der Waals surface area contributed by atoms with Crippen LogP contribution in [0.3, 0.4) is 0 Å². The minimum atomic E-state index is -0.973. The van der Waals surface area contributed by atoms with Gasteiger partial charge in [0.25, 0.3) is 0 Å². The lowest BCUT2D eigenvalue weighted by molar-refractivity contribution is 0.0697. The number of ether oxygens (including phenoxy) is 1. The first kappa shape index (κ1) is 16.3. The number of rotatable bonds is 3. The van der Waals surface area contributed by atoms with Gasteiger partial charge in [-0.2, -0.15) is 0 Å². The summed E-state index contributed by atoms with van der Waals surface area (Å²) in [4.78, 5) is 10.6. The van der Waals surface area contributed by atoms with Crippen LogP contribution in [0, 0.1) is 5.41 Å². The largest absolute Gasteiger partial charge is 0.493 e. The van der Waals surface area contributed by atoms with Crippen molar-refractivity contribution in [2.45, 2.75) is 6.42 Å². The quantitative estimate of drug-likeness (QED) is 0.599. The van der Waals surface area contributed by atoms with Crippen LogP contribution in [0.1, 0.15) is 21.5 Å². The topological polar surface area (TPSA) is 96.4 Å². The van der Waals surface area contributed by atoms with E-state index in [0.717, 1.165) is 30.7 Å². The Hall–Kier alpha value is -3.08. The highest BCUT2D eigenvalue weighted by Crippen LogP contribution is 2.26. The number of nitrogens with two attached hydrogens (primary N) is 1. The molecule has 118 valence electrons. The van der Waals surface area contributed by atoms with Gasteiger partial charge in [-0.3, -0.25) is 0 Å². The van der Waals surface area contributed by atoms with Gasteiger partial charge >= 0.3 is 5.97 Å². The number of hydrogen-bond donors (Lipinski definition) is 3. The molecular weight excluding hydrogens is 292 g/mol. The van der Waals surface area contributed by atoms with E-state index in [0.29, 0.717) is 11.1 Å². The molecule has 3 rings (SSSR count). The van der Waals surface area contributed by atoms with E-state index in [1.807, 2.05) is 18.2 Å². The van der Waals surface area contributed by atoms with Crippen molar-refractivity contribution in [2.24, 2.45) is 0 Å². The molecule has 0 bridgehead atoms. The number of allylic oxidation sites excluding steroid dienone is 1. The molecule has 23 heavy (non-hydrogen) atoms. The Morgan fingerprint density at radius 2 is 2.00 bits per heavy atom. The highest BCUT2D eigenvalue weighted by molar-refractivity contribution is 6.07. The molecule has 0 spiro atoms. The highest BCUT2D eigenvalue weighted by atomic mass is 16.5. The van der Waals surface area contributed by atoms with E-state index in [1.165, 1.54) is 17.7 Å². The third kappa shape index (κ3) is 4.20. The standard InChI is InChI=1S/C10H9NO2.C8H9NO/c1-7(6-11)8-3-2-4-9(5-8)10(12)13;9-7-2-1-6-3-4-10-8(6)5-7/h2-6,11H,1H2,(H,12,13);1-2,5H,3-4,9H2. The molecular formula is C18H18N2O3. The molecule has 4 N–H and O–H groups in total. The zero-order valence-corrected chi connectivity index (χ0v) is 12.6. The van der Waals surface area contributed by atoms with Crippen LogP contribution in [0.25, 0.3) is 5.57 Å². The van der Waals surface area contributed by atoms with Gasteiger partial charge in [-0.1, -0.05) is 24.8 Å². The zero-order valence-electron chi connectivity index (χ0n) is 12.6. The Balaban J connectivity index is 0.000000172. The smallest absolute Gasteiger partial charge is 0.335 e. The number of carboxylic acid groups (broad SMARTS) is 1. The molecule has 0 saturated carbocycles. The van der Waals surface area contributed by atoms with Crippen LogP contribution in [0.15, 0.2) is 49.0 Å². The van der Waals surface area contributed by atoms with Gasteiger partial charge in [0.05, 0.1) is 12.2 Å². The molecule has 0 aliphatic carbocycles. The number of hydrogen-bond acceptors (Lipinski definition) is 4. The van der Waals surface area contributed by atoms with Gasteiger partial charge in [0.1, 0.15) is 5.75 Å². The van der Waals surface area contributed by atoms with E-state index < -0.39 is 5.97 Å². The number of nitrogens with one attached hydrogen (secondary N) is 1. The minimum Gasteiger partial charge on any atom is -0.493 e. The fourth-order valence-electron chi connectivity index (χ4n) is 2.12. The highest BCUT2D eigenvalue weighted by Gasteiger charge is 2.10. The van der Waals surface area contributed by atoms with Crippen molar-refractivity contribution in [3.63, 3.8) is 0 Å². The van der Waals surface area contributed by atoms with Gasteiger partial charge in [0.2, 0.25) is 0 Å². The normalized spacial score (nSPS) is 11.5. The van der Waals surface area contributed by atoms with Gasteiger partial charge in [-0.15, -0.1) is 0 Å². The second-order valence-electron chi connectivity index (χ2n) is 5.02. The van der Waals surface area contributed by atoms with Crippen molar-refractivity contribution in [1.82, 2.24) is 0 Å². The zero-order chi connectivity index (χ0) is 16.8. The second kappa shape index (κ2) is 7.26. The van der Waals surface area contributed by atoms with E-state index in [4.69, 9.17) is 21.0 Å². The molecule has 1 heterocycles. The molecule has 2 aromatic carbocycles. The van der Waals surface area contributed by atoms with E-state index in [1.54, 1.807) is 12.1 Å². The SMILES string of the molecule is C=C(C=N)c1cccc(C(=O)O)c1.Nc1ccc2c(c1)OCC2. The Bertz CT molecular complexity index is 754. The van der Waals surface area contributed by atoms with Crippen molar-refractivity contribution < 1.29 is 14.6 Å². The minimum absolute atomic E-state index is 0.209. The summed E-state index contributed by atoms with van der Waals surface area (Å²) in [6.45, 7) is 4.41. The number of fused-ring (bicyclic) bond motifs is 1. The third-order valence-corrected chi connectivity index (χ3v) is 3.37. The lowest BCUT2D eigenvalue weighted by Gasteiger charge is -2.00. The molecule has 5 heteroatoms. The first-order valence-electron chi connectivity index (χ1n) is 7.05. The van der Waals surface area contributed by atoms with Crippen molar-refractivity contribution in [3.8, 4) is 5.75 Å². The van der Waals surface area contributed by atoms with Crippen LogP contribution < -0.4 is 10.5 Å². The van der Waals surface area contributed by atoms with Crippen LogP contribution in [-0.4, -0.2) is 23.9 Å². The Morgan fingerprint density at radius 1 is 1.26 bits per heavy atom. The molecule has 5 nitrogen and oxygen atoms in total.